The fraction of sp³-hybridized carbons (Fsp3) is 0.259. The highest BCUT2D eigenvalue weighted by molar-refractivity contribution is 7.99. The predicted molar refractivity (Wildman–Crippen MR) is 129 cm³/mol. The van der Waals surface area contributed by atoms with E-state index in [4.69, 9.17) is 9.47 Å². The average molecular weight is 460 g/mol. The maximum atomic E-state index is 13.0. The lowest BCUT2D eigenvalue weighted by Gasteiger charge is -2.16. The lowest BCUT2D eigenvalue weighted by molar-refractivity contribution is -0.140. The van der Waals surface area contributed by atoms with Gasteiger partial charge in [-0.2, -0.15) is 0 Å². The van der Waals surface area contributed by atoms with Gasteiger partial charge in [-0.1, -0.05) is 35.9 Å². The summed E-state index contributed by atoms with van der Waals surface area (Å²) in [5, 5.41) is 0. The molecular weight excluding hydrogens is 434 g/mol. The molecule has 0 saturated heterocycles. The second-order valence-electron chi connectivity index (χ2n) is 8.45. The fourth-order valence-corrected chi connectivity index (χ4v) is 5.71. The SMILES string of the molecule is COC(=O)CC1CSc2cc(OCc3cccc4c3CN(c3ccc(C)cc3)C4=O)ccc21. The van der Waals surface area contributed by atoms with Crippen LogP contribution in [0.5, 0.6) is 5.75 Å². The Balaban J connectivity index is 1.30. The van der Waals surface area contributed by atoms with Gasteiger partial charge in [-0.05, 0) is 53.9 Å². The van der Waals surface area contributed by atoms with Crippen molar-refractivity contribution < 1.29 is 19.1 Å². The van der Waals surface area contributed by atoms with Crippen molar-refractivity contribution in [2.45, 2.75) is 37.3 Å². The molecule has 1 amide bonds. The van der Waals surface area contributed by atoms with E-state index in [0.29, 0.717) is 19.6 Å². The van der Waals surface area contributed by atoms with Gasteiger partial charge >= 0.3 is 5.97 Å². The Hall–Kier alpha value is -3.25. The summed E-state index contributed by atoms with van der Waals surface area (Å²) in [4.78, 5) is 27.7. The molecular formula is C27H25NO4S. The van der Waals surface area contributed by atoms with Crippen LogP contribution < -0.4 is 9.64 Å². The number of benzene rings is 3. The van der Waals surface area contributed by atoms with E-state index in [2.05, 4.69) is 6.07 Å². The first-order chi connectivity index (χ1) is 16.0. The third-order valence-corrected chi connectivity index (χ3v) is 7.54. The van der Waals surface area contributed by atoms with Crippen LogP contribution in [0.25, 0.3) is 0 Å². The first-order valence-electron chi connectivity index (χ1n) is 11.0. The number of carbonyl (C=O) groups excluding carboxylic acids is 2. The molecule has 0 bridgehead atoms. The van der Waals surface area contributed by atoms with Crippen LogP contribution in [-0.2, 0) is 22.7 Å². The zero-order chi connectivity index (χ0) is 22.9. The van der Waals surface area contributed by atoms with Crippen molar-refractivity contribution in [1.29, 1.82) is 0 Å². The summed E-state index contributed by atoms with van der Waals surface area (Å²) in [5.74, 6) is 1.69. The van der Waals surface area contributed by atoms with Crippen molar-refractivity contribution in [3.63, 3.8) is 0 Å². The molecule has 1 unspecified atom stereocenters. The Labute approximate surface area is 197 Å². The molecule has 0 spiro atoms. The number of aryl methyl sites for hydroxylation is 1. The van der Waals surface area contributed by atoms with E-state index < -0.39 is 0 Å². The predicted octanol–water partition coefficient (Wildman–Crippen LogP) is 5.49. The van der Waals surface area contributed by atoms with Crippen LogP contribution in [0.2, 0.25) is 0 Å². The number of nitrogens with zero attached hydrogens (tertiary/aromatic N) is 1. The van der Waals surface area contributed by atoms with Crippen molar-refractivity contribution in [1.82, 2.24) is 0 Å². The molecule has 0 saturated carbocycles. The third-order valence-electron chi connectivity index (χ3n) is 6.31. The molecule has 0 aromatic heterocycles. The van der Waals surface area contributed by atoms with Gasteiger partial charge in [0.15, 0.2) is 0 Å². The molecule has 3 aromatic rings. The second-order valence-corrected chi connectivity index (χ2v) is 9.51. The summed E-state index contributed by atoms with van der Waals surface area (Å²) in [5.41, 5.74) is 6.04. The van der Waals surface area contributed by atoms with E-state index in [1.54, 1.807) is 11.8 Å². The molecule has 5 nitrogen and oxygen atoms in total. The monoisotopic (exact) mass is 459 g/mol. The summed E-state index contributed by atoms with van der Waals surface area (Å²) in [7, 11) is 1.43. The molecule has 33 heavy (non-hydrogen) atoms. The van der Waals surface area contributed by atoms with Gasteiger partial charge < -0.3 is 14.4 Å². The van der Waals surface area contributed by atoms with Crippen LogP contribution in [-0.4, -0.2) is 24.7 Å². The van der Waals surface area contributed by atoms with Gasteiger partial charge in [0.1, 0.15) is 12.4 Å². The largest absolute Gasteiger partial charge is 0.489 e. The highest BCUT2D eigenvalue weighted by atomic mass is 32.2. The molecule has 168 valence electrons. The van der Waals surface area contributed by atoms with Gasteiger partial charge in [-0.25, -0.2) is 0 Å². The summed E-state index contributed by atoms with van der Waals surface area (Å²) in [6.45, 7) is 2.98. The molecule has 6 heteroatoms. The number of anilines is 1. The van der Waals surface area contributed by atoms with Crippen molar-refractivity contribution >= 4 is 29.3 Å². The standard InChI is InChI=1S/C27H25NO4S/c1-17-6-8-20(9-7-17)28-14-24-18(4-3-5-23(24)27(28)30)15-32-21-10-11-22-19(12-26(29)31-2)16-33-25(22)13-21/h3-11,13,19H,12,14-16H2,1-2H3. The number of hydrogen-bond acceptors (Lipinski definition) is 5. The quantitative estimate of drug-likeness (QED) is 0.457. The van der Waals surface area contributed by atoms with Gasteiger partial charge in [0, 0.05) is 27.8 Å². The molecule has 0 aliphatic carbocycles. The number of esters is 1. The average Bonchev–Trinajstić information content (AvgIpc) is 3.39. The maximum absolute atomic E-state index is 13.0. The van der Waals surface area contributed by atoms with E-state index in [1.807, 2.05) is 66.4 Å². The Morgan fingerprint density at radius 3 is 2.73 bits per heavy atom. The summed E-state index contributed by atoms with van der Waals surface area (Å²) in [6, 6.07) is 19.9. The topological polar surface area (TPSA) is 55.8 Å². The minimum atomic E-state index is -0.180. The number of rotatable bonds is 6. The maximum Gasteiger partial charge on any atom is 0.306 e. The van der Waals surface area contributed by atoms with Crippen LogP contribution in [0.3, 0.4) is 0 Å². The summed E-state index contributed by atoms with van der Waals surface area (Å²) >= 11 is 1.74. The van der Waals surface area contributed by atoms with E-state index in [9.17, 15) is 9.59 Å². The van der Waals surface area contributed by atoms with Crippen LogP contribution in [0, 0.1) is 6.92 Å². The molecule has 2 aliphatic rings. The van der Waals surface area contributed by atoms with E-state index in [0.717, 1.165) is 38.8 Å². The number of methoxy groups -OCH3 is 1. The van der Waals surface area contributed by atoms with Gasteiger partial charge in [-0.15, -0.1) is 11.8 Å². The molecule has 1 atom stereocenters. The number of thioether (sulfide) groups is 1. The number of ether oxygens (including phenoxy) is 2. The molecule has 3 aromatic carbocycles. The van der Waals surface area contributed by atoms with E-state index >= 15 is 0 Å². The van der Waals surface area contributed by atoms with Crippen molar-refractivity contribution in [2.75, 3.05) is 17.8 Å². The summed E-state index contributed by atoms with van der Waals surface area (Å²) in [6.07, 6.45) is 0.401. The molecule has 2 heterocycles. The molecule has 2 aliphatic heterocycles. The third kappa shape index (κ3) is 4.23. The minimum absolute atomic E-state index is 0.0290. The first kappa shape index (κ1) is 21.6. The highest BCUT2D eigenvalue weighted by Gasteiger charge is 2.30. The normalized spacial score (nSPS) is 16.5. The van der Waals surface area contributed by atoms with Gasteiger partial charge in [-0.3, -0.25) is 9.59 Å². The van der Waals surface area contributed by atoms with Crippen LogP contribution in [0.15, 0.2) is 65.6 Å². The van der Waals surface area contributed by atoms with Crippen LogP contribution >= 0.6 is 11.8 Å². The number of hydrogen-bond donors (Lipinski definition) is 0. The number of amides is 1. The lowest BCUT2D eigenvalue weighted by Crippen LogP contribution is -2.22. The Bertz CT molecular complexity index is 1220. The molecule has 0 N–H and O–H groups in total. The number of fused-ring (bicyclic) bond motifs is 2. The zero-order valence-corrected chi connectivity index (χ0v) is 19.5. The Morgan fingerprint density at radius 2 is 1.94 bits per heavy atom. The first-order valence-corrected chi connectivity index (χ1v) is 12.0. The van der Waals surface area contributed by atoms with Gasteiger partial charge in [0.05, 0.1) is 20.1 Å². The smallest absolute Gasteiger partial charge is 0.306 e. The molecule has 0 fully saturated rings. The van der Waals surface area contributed by atoms with Crippen molar-refractivity contribution in [3.8, 4) is 5.75 Å². The van der Waals surface area contributed by atoms with Gasteiger partial charge in [0.25, 0.3) is 5.91 Å². The van der Waals surface area contributed by atoms with Crippen molar-refractivity contribution in [2.24, 2.45) is 0 Å². The summed E-state index contributed by atoms with van der Waals surface area (Å²) < 4.78 is 11.0. The van der Waals surface area contributed by atoms with E-state index in [1.165, 1.54) is 18.2 Å². The second kappa shape index (κ2) is 8.94. The Morgan fingerprint density at radius 1 is 1.12 bits per heavy atom. The van der Waals surface area contributed by atoms with Crippen LogP contribution in [0.1, 0.15) is 45.0 Å². The zero-order valence-electron chi connectivity index (χ0n) is 18.7. The highest BCUT2D eigenvalue weighted by Crippen LogP contribution is 2.43. The van der Waals surface area contributed by atoms with Gasteiger partial charge in [0.2, 0.25) is 0 Å². The molecule has 5 rings (SSSR count). The number of carbonyl (C=O) groups is 2. The van der Waals surface area contributed by atoms with E-state index in [-0.39, 0.29) is 17.8 Å². The molecule has 0 radical (unpaired) electrons. The van der Waals surface area contributed by atoms with Crippen LogP contribution in [0.4, 0.5) is 5.69 Å². The Kier molecular flexibility index (Phi) is 5.85. The lowest BCUT2D eigenvalue weighted by atomic mass is 9.98. The van der Waals surface area contributed by atoms with Crippen molar-refractivity contribution in [3.05, 3.63) is 88.5 Å². The minimum Gasteiger partial charge on any atom is -0.489 e. The fourth-order valence-electron chi connectivity index (χ4n) is 4.43.